The number of nitrogens with two attached hydrogens (primary N) is 1. The van der Waals surface area contributed by atoms with Crippen LogP contribution in [0.25, 0.3) is 11.4 Å². The average molecular weight is 419 g/mol. The summed E-state index contributed by atoms with van der Waals surface area (Å²) < 4.78 is 40.5. The van der Waals surface area contributed by atoms with Crippen LogP contribution in [-0.4, -0.2) is 58.7 Å². The number of carbonyl (C=O) groups excluding carboxylic acids is 2. The van der Waals surface area contributed by atoms with Crippen LogP contribution >= 0.6 is 0 Å². The van der Waals surface area contributed by atoms with Gasteiger partial charge in [0.15, 0.2) is 23.7 Å². The number of carbonyl (C=O) groups is 2. The quantitative estimate of drug-likeness (QED) is 0.779. The molecule has 1 aromatic carbocycles. The number of hydrogen-bond donors (Lipinski definition) is 2. The monoisotopic (exact) mass is 419 g/mol. The number of alkyl halides is 2. The van der Waals surface area contributed by atoms with E-state index in [1.165, 1.54) is 0 Å². The van der Waals surface area contributed by atoms with Crippen molar-refractivity contribution in [3.63, 3.8) is 0 Å². The number of primary amides is 1. The van der Waals surface area contributed by atoms with E-state index in [-0.39, 0.29) is 12.4 Å². The molecule has 3 atom stereocenters. The number of nitrogens with zero attached hydrogens (tertiary/aromatic N) is 3. The molecule has 3 aliphatic rings. The maximum Gasteiger partial charge on any atom is 0.416 e. The number of imidazole rings is 1. The molecule has 2 amide bonds. The van der Waals surface area contributed by atoms with Crippen molar-refractivity contribution in [1.29, 1.82) is 0 Å². The molecule has 5 rings (SSSR count). The second-order valence-corrected chi connectivity index (χ2v) is 7.63. The van der Waals surface area contributed by atoms with Crippen molar-refractivity contribution >= 4 is 23.5 Å². The van der Waals surface area contributed by atoms with Gasteiger partial charge in [0.1, 0.15) is 30.8 Å². The smallest absolute Gasteiger partial charge is 0.416 e. The first-order chi connectivity index (χ1) is 14.3. The standard InChI is InChI=1S/C19H19F2N5O4/c1-9(16(22)27)23-10-2-3-11-12(6-10)29-5-4-25-7-13(24-17(11)25)26-18(28)30-8-19(26)14(20)15(19)21/h2-3,6-7,9,14-15,23H,4-5,8H2,1H3,(H2,22,27)/t9-,14?,15?,19?/m0/s1. The normalized spacial score (nSPS) is 27.6. The highest BCUT2D eigenvalue weighted by Gasteiger charge is 2.77. The number of halogens is 2. The Labute approximate surface area is 169 Å². The summed E-state index contributed by atoms with van der Waals surface area (Å²) in [4.78, 5) is 29.0. The number of amides is 2. The number of ether oxygens (including phenoxy) is 2. The highest BCUT2D eigenvalue weighted by atomic mass is 19.2. The fraction of sp³-hybridized carbons (Fsp3) is 0.421. The lowest BCUT2D eigenvalue weighted by Crippen LogP contribution is -2.39. The molecule has 1 aliphatic carbocycles. The van der Waals surface area contributed by atoms with E-state index in [1.807, 2.05) is 0 Å². The number of fused-ring (bicyclic) bond motifs is 3. The Balaban J connectivity index is 1.51. The van der Waals surface area contributed by atoms with Crippen LogP contribution in [0.2, 0.25) is 0 Å². The zero-order chi connectivity index (χ0) is 21.2. The molecule has 1 saturated heterocycles. The largest absolute Gasteiger partial charge is 0.491 e. The Kier molecular flexibility index (Phi) is 3.92. The summed E-state index contributed by atoms with van der Waals surface area (Å²) in [5.74, 6) is 0.653. The molecule has 1 aromatic heterocycles. The maximum atomic E-state index is 14.0. The predicted octanol–water partition coefficient (Wildman–Crippen LogP) is 1.61. The number of aromatic nitrogens is 2. The van der Waals surface area contributed by atoms with Gasteiger partial charge in [-0.25, -0.2) is 23.5 Å². The van der Waals surface area contributed by atoms with E-state index in [1.54, 1.807) is 35.9 Å². The summed E-state index contributed by atoms with van der Waals surface area (Å²) in [5.41, 5.74) is 4.94. The van der Waals surface area contributed by atoms with Crippen molar-refractivity contribution in [2.75, 3.05) is 23.4 Å². The number of nitrogens with one attached hydrogen (secondary N) is 1. The first-order valence-electron chi connectivity index (χ1n) is 9.48. The van der Waals surface area contributed by atoms with Gasteiger partial charge in [0, 0.05) is 18.0 Å². The van der Waals surface area contributed by atoms with Gasteiger partial charge in [-0.3, -0.25) is 4.79 Å². The van der Waals surface area contributed by atoms with Crippen LogP contribution < -0.4 is 20.7 Å². The minimum Gasteiger partial charge on any atom is -0.491 e. The van der Waals surface area contributed by atoms with Gasteiger partial charge in [-0.15, -0.1) is 0 Å². The molecule has 2 aromatic rings. The van der Waals surface area contributed by atoms with E-state index < -0.39 is 35.9 Å². The molecule has 2 unspecified atom stereocenters. The summed E-state index contributed by atoms with van der Waals surface area (Å²) >= 11 is 0. The Hall–Kier alpha value is -3.37. The summed E-state index contributed by atoms with van der Waals surface area (Å²) in [6.45, 7) is 2.04. The van der Waals surface area contributed by atoms with E-state index >= 15 is 0 Å². The minimum atomic E-state index is -1.80. The predicted molar refractivity (Wildman–Crippen MR) is 102 cm³/mol. The molecule has 158 valence electrons. The summed E-state index contributed by atoms with van der Waals surface area (Å²) in [5, 5.41) is 2.99. The Morgan fingerprint density at radius 3 is 2.83 bits per heavy atom. The first-order valence-corrected chi connectivity index (χ1v) is 9.48. The van der Waals surface area contributed by atoms with Gasteiger partial charge in [0.2, 0.25) is 5.91 Å². The van der Waals surface area contributed by atoms with E-state index in [0.717, 1.165) is 4.90 Å². The lowest BCUT2D eigenvalue weighted by atomic mass is 10.1. The van der Waals surface area contributed by atoms with Gasteiger partial charge in [-0.2, -0.15) is 0 Å². The van der Waals surface area contributed by atoms with E-state index in [0.29, 0.717) is 36.0 Å². The zero-order valence-corrected chi connectivity index (χ0v) is 16.0. The molecule has 11 heteroatoms. The number of rotatable bonds is 4. The van der Waals surface area contributed by atoms with Crippen LogP contribution in [0.5, 0.6) is 5.75 Å². The van der Waals surface area contributed by atoms with Crippen LogP contribution in [0, 0.1) is 0 Å². The van der Waals surface area contributed by atoms with Crippen molar-refractivity contribution in [2.24, 2.45) is 5.73 Å². The van der Waals surface area contributed by atoms with Gasteiger partial charge in [-0.1, -0.05) is 0 Å². The van der Waals surface area contributed by atoms with Crippen molar-refractivity contribution in [1.82, 2.24) is 9.55 Å². The molecule has 0 bridgehead atoms. The summed E-state index contributed by atoms with van der Waals surface area (Å²) in [6, 6.07) is 4.65. The summed E-state index contributed by atoms with van der Waals surface area (Å²) in [7, 11) is 0. The van der Waals surface area contributed by atoms with Crippen molar-refractivity contribution in [2.45, 2.75) is 37.4 Å². The van der Waals surface area contributed by atoms with Crippen LogP contribution in [0.15, 0.2) is 24.4 Å². The molecule has 9 nitrogen and oxygen atoms in total. The highest BCUT2D eigenvalue weighted by Crippen LogP contribution is 2.52. The third kappa shape index (κ3) is 2.54. The SMILES string of the molecule is C[C@H](Nc1ccc2c(c1)OCCn1cc(N3C(=O)OCC34C(F)C4F)nc1-2)C(N)=O. The molecule has 2 aliphatic heterocycles. The van der Waals surface area contributed by atoms with E-state index in [4.69, 9.17) is 15.2 Å². The number of anilines is 2. The fourth-order valence-corrected chi connectivity index (χ4v) is 3.91. The molecule has 3 heterocycles. The first kappa shape index (κ1) is 18.6. The van der Waals surface area contributed by atoms with Crippen molar-refractivity contribution in [3.8, 4) is 17.1 Å². The topological polar surface area (TPSA) is 112 Å². The second kappa shape index (κ2) is 6.31. The van der Waals surface area contributed by atoms with Crippen LogP contribution in [-0.2, 0) is 16.1 Å². The third-order valence-electron chi connectivity index (χ3n) is 5.74. The lowest BCUT2D eigenvalue weighted by molar-refractivity contribution is -0.118. The second-order valence-electron chi connectivity index (χ2n) is 7.63. The minimum absolute atomic E-state index is 0.132. The molecule has 2 fully saturated rings. The van der Waals surface area contributed by atoms with E-state index in [2.05, 4.69) is 10.3 Å². The van der Waals surface area contributed by atoms with Gasteiger partial charge < -0.3 is 25.1 Å². The summed E-state index contributed by atoms with van der Waals surface area (Å²) in [6.07, 6.45) is -2.85. The molecule has 3 N–H and O–H groups in total. The van der Waals surface area contributed by atoms with Crippen molar-refractivity contribution < 1.29 is 27.8 Å². The Morgan fingerprint density at radius 2 is 2.13 bits per heavy atom. The fourth-order valence-electron chi connectivity index (χ4n) is 3.91. The van der Waals surface area contributed by atoms with Crippen molar-refractivity contribution in [3.05, 3.63) is 24.4 Å². The van der Waals surface area contributed by atoms with Crippen LogP contribution in [0.3, 0.4) is 0 Å². The number of cyclic esters (lactones) is 1. The Morgan fingerprint density at radius 1 is 1.37 bits per heavy atom. The Bertz CT molecular complexity index is 1050. The number of benzene rings is 1. The lowest BCUT2D eigenvalue weighted by Gasteiger charge is -2.17. The molecule has 1 saturated carbocycles. The van der Waals surface area contributed by atoms with E-state index in [9.17, 15) is 18.4 Å². The molecular weight excluding hydrogens is 400 g/mol. The number of hydrogen-bond acceptors (Lipinski definition) is 6. The zero-order valence-electron chi connectivity index (χ0n) is 16.0. The highest BCUT2D eigenvalue weighted by molar-refractivity contribution is 5.93. The van der Waals surface area contributed by atoms with Gasteiger partial charge in [0.05, 0.1) is 12.1 Å². The molecular formula is C19H19F2N5O4. The van der Waals surface area contributed by atoms with Crippen LogP contribution in [0.4, 0.5) is 25.1 Å². The van der Waals surface area contributed by atoms with Crippen LogP contribution in [0.1, 0.15) is 6.92 Å². The van der Waals surface area contributed by atoms with Gasteiger partial charge in [-0.05, 0) is 19.1 Å². The van der Waals surface area contributed by atoms with Gasteiger partial charge >= 0.3 is 6.09 Å². The molecule has 1 spiro atoms. The average Bonchev–Trinajstić information content (AvgIpc) is 3.00. The van der Waals surface area contributed by atoms with Gasteiger partial charge in [0.25, 0.3) is 0 Å². The molecule has 30 heavy (non-hydrogen) atoms. The maximum absolute atomic E-state index is 14.0. The third-order valence-corrected chi connectivity index (χ3v) is 5.74. The molecule has 0 radical (unpaired) electrons.